The van der Waals surface area contributed by atoms with Crippen LogP contribution in [0.15, 0.2) is 30.6 Å². The van der Waals surface area contributed by atoms with Crippen LogP contribution in [0.25, 0.3) is 11.2 Å². The summed E-state index contributed by atoms with van der Waals surface area (Å²) in [6, 6.07) is 8.73. The molecule has 3 heterocycles. The molecule has 2 aromatic heterocycles. The Kier molecular flexibility index (Phi) is 4.21. The Hall–Kier alpha value is -2.70. The molecule has 1 unspecified atom stereocenters. The van der Waals surface area contributed by atoms with Crippen molar-refractivity contribution < 1.29 is 4.74 Å². The second kappa shape index (κ2) is 6.66. The van der Waals surface area contributed by atoms with E-state index in [2.05, 4.69) is 37.3 Å². The zero-order valence-electron chi connectivity index (χ0n) is 14.6. The molecule has 0 saturated carbocycles. The second-order valence-corrected chi connectivity index (χ2v) is 6.48. The minimum atomic E-state index is 0.405. The zero-order chi connectivity index (χ0) is 17.2. The fourth-order valence-corrected chi connectivity index (χ4v) is 3.58. The van der Waals surface area contributed by atoms with Gasteiger partial charge >= 0.3 is 0 Å². The normalized spacial score (nSPS) is 17.8. The first-order chi connectivity index (χ1) is 12.3. The molecule has 4 rings (SSSR count). The molecule has 0 amide bonds. The summed E-state index contributed by atoms with van der Waals surface area (Å²) < 4.78 is 6.95. The number of ether oxygens (including phenoxy) is 1. The molecule has 1 aliphatic rings. The van der Waals surface area contributed by atoms with E-state index in [0.717, 1.165) is 42.1 Å². The molecule has 0 aliphatic carbocycles. The van der Waals surface area contributed by atoms with Gasteiger partial charge in [-0.15, -0.1) is 5.10 Å². The Morgan fingerprint density at radius 3 is 2.80 bits per heavy atom. The number of aromatic nitrogens is 5. The number of piperidine rings is 1. The third kappa shape index (κ3) is 3.01. The first-order valence-electron chi connectivity index (χ1n) is 8.66. The van der Waals surface area contributed by atoms with Crippen molar-refractivity contribution in [2.75, 3.05) is 18.6 Å². The van der Waals surface area contributed by atoms with Crippen LogP contribution in [0.1, 0.15) is 24.8 Å². The smallest absolute Gasteiger partial charge is 0.183 e. The van der Waals surface area contributed by atoms with Gasteiger partial charge in [0, 0.05) is 19.6 Å². The first kappa shape index (κ1) is 15.8. The fraction of sp³-hybridized carbons (Fsp3) is 0.444. The van der Waals surface area contributed by atoms with Crippen molar-refractivity contribution in [2.45, 2.75) is 31.7 Å². The van der Waals surface area contributed by atoms with Gasteiger partial charge in [-0.1, -0.05) is 17.3 Å². The van der Waals surface area contributed by atoms with E-state index in [9.17, 15) is 0 Å². The molecule has 7 nitrogen and oxygen atoms in total. The van der Waals surface area contributed by atoms with Crippen LogP contribution in [0.4, 0.5) is 5.82 Å². The number of fused-ring (bicyclic) bond motifs is 1. The summed E-state index contributed by atoms with van der Waals surface area (Å²) in [6.45, 7) is 0.990. The van der Waals surface area contributed by atoms with Gasteiger partial charge in [-0.25, -0.2) is 14.6 Å². The molecule has 0 radical (unpaired) electrons. The number of aryl methyl sites for hydroxylation is 1. The number of nitrogens with zero attached hydrogens (tertiary/aromatic N) is 6. The molecule has 0 N–H and O–H groups in total. The number of benzene rings is 1. The van der Waals surface area contributed by atoms with Gasteiger partial charge in [0.05, 0.1) is 7.11 Å². The first-order valence-corrected chi connectivity index (χ1v) is 8.66. The molecule has 25 heavy (non-hydrogen) atoms. The SMILES string of the molecule is COc1ccc(CC2CCCCN2c2ncnc3c2nnn3C)cc1. The maximum atomic E-state index is 5.26. The van der Waals surface area contributed by atoms with Crippen LogP contribution in [0, 0.1) is 0 Å². The minimum absolute atomic E-state index is 0.405. The predicted octanol–water partition coefficient (Wildman–Crippen LogP) is 2.37. The Morgan fingerprint density at radius 2 is 2.00 bits per heavy atom. The molecule has 1 atom stereocenters. The molecule has 1 aliphatic heterocycles. The average Bonchev–Trinajstić information content (AvgIpc) is 3.04. The lowest BCUT2D eigenvalue weighted by atomic mass is 9.95. The number of rotatable bonds is 4. The molecule has 7 heteroatoms. The summed E-state index contributed by atoms with van der Waals surface area (Å²) in [5.41, 5.74) is 2.87. The topological polar surface area (TPSA) is 69.0 Å². The van der Waals surface area contributed by atoms with Crippen molar-refractivity contribution in [2.24, 2.45) is 7.05 Å². The molecule has 1 fully saturated rings. The Balaban J connectivity index is 1.64. The van der Waals surface area contributed by atoms with Gasteiger partial charge in [-0.3, -0.25) is 0 Å². The van der Waals surface area contributed by atoms with Crippen LogP contribution in [-0.2, 0) is 13.5 Å². The van der Waals surface area contributed by atoms with Gasteiger partial charge in [-0.2, -0.15) is 0 Å². The van der Waals surface area contributed by atoms with E-state index in [1.54, 1.807) is 18.1 Å². The zero-order valence-corrected chi connectivity index (χ0v) is 14.6. The highest BCUT2D eigenvalue weighted by Crippen LogP contribution is 2.29. The Bertz CT molecular complexity index is 860. The largest absolute Gasteiger partial charge is 0.497 e. The lowest BCUT2D eigenvalue weighted by Gasteiger charge is -2.36. The van der Waals surface area contributed by atoms with Gasteiger partial charge in [0.2, 0.25) is 0 Å². The number of hydrogen-bond donors (Lipinski definition) is 0. The summed E-state index contributed by atoms with van der Waals surface area (Å²) >= 11 is 0. The summed E-state index contributed by atoms with van der Waals surface area (Å²) in [5, 5.41) is 8.39. The lowest BCUT2D eigenvalue weighted by molar-refractivity contribution is 0.414. The monoisotopic (exact) mass is 338 g/mol. The van der Waals surface area contributed by atoms with Crippen molar-refractivity contribution in [3.05, 3.63) is 36.2 Å². The van der Waals surface area contributed by atoms with E-state index >= 15 is 0 Å². The van der Waals surface area contributed by atoms with Crippen LogP contribution in [0.5, 0.6) is 5.75 Å². The Morgan fingerprint density at radius 1 is 1.16 bits per heavy atom. The van der Waals surface area contributed by atoms with E-state index < -0.39 is 0 Å². The van der Waals surface area contributed by atoms with Crippen molar-refractivity contribution in [1.82, 2.24) is 25.0 Å². The Labute approximate surface area is 146 Å². The molecular weight excluding hydrogens is 316 g/mol. The molecule has 1 saturated heterocycles. The van der Waals surface area contributed by atoms with Crippen molar-refractivity contribution >= 4 is 17.0 Å². The van der Waals surface area contributed by atoms with E-state index in [-0.39, 0.29) is 0 Å². The maximum Gasteiger partial charge on any atom is 0.183 e. The highest BCUT2D eigenvalue weighted by Gasteiger charge is 2.26. The highest BCUT2D eigenvalue weighted by atomic mass is 16.5. The van der Waals surface area contributed by atoms with E-state index in [1.807, 2.05) is 19.2 Å². The summed E-state index contributed by atoms with van der Waals surface area (Å²) in [5.74, 6) is 1.79. The minimum Gasteiger partial charge on any atom is -0.497 e. The average molecular weight is 338 g/mol. The summed E-state index contributed by atoms with van der Waals surface area (Å²) in [6.07, 6.45) is 6.16. The van der Waals surface area contributed by atoms with E-state index in [0.29, 0.717) is 6.04 Å². The van der Waals surface area contributed by atoms with E-state index in [4.69, 9.17) is 4.74 Å². The van der Waals surface area contributed by atoms with Gasteiger partial charge in [0.15, 0.2) is 17.0 Å². The predicted molar refractivity (Wildman–Crippen MR) is 95.8 cm³/mol. The fourth-order valence-electron chi connectivity index (χ4n) is 3.58. The third-order valence-electron chi connectivity index (χ3n) is 4.90. The highest BCUT2D eigenvalue weighted by molar-refractivity contribution is 5.82. The quantitative estimate of drug-likeness (QED) is 0.727. The number of anilines is 1. The number of hydrogen-bond acceptors (Lipinski definition) is 6. The van der Waals surface area contributed by atoms with Gasteiger partial charge in [-0.05, 0) is 43.4 Å². The van der Waals surface area contributed by atoms with Crippen LogP contribution >= 0.6 is 0 Å². The third-order valence-corrected chi connectivity index (χ3v) is 4.90. The molecule has 1 aromatic carbocycles. The van der Waals surface area contributed by atoms with Crippen molar-refractivity contribution in [1.29, 1.82) is 0 Å². The summed E-state index contributed by atoms with van der Waals surface area (Å²) in [7, 11) is 3.55. The van der Waals surface area contributed by atoms with Gasteiger partial charge in [0.1, 0.15) is 12.1 Å². The van der Waals surface area contributed by atoms with Crippen molar-refractivity contribution in [3.8, 4) is 5.75 Å². The van der Waals surface area contributed by atoms with Crippen molar-refractivity contribution in [3.63, 3.8) is 0 Å². The molecular formula is C18H22N6O. The summed E-state index contributed by atoms with van der Waals surface area (Å²) in [4.78, 5) is 11.2. The van der Waals surface area contributed by atoms with Crippen LogP contribution < -0.4 is 9.64 Å². The second-order valence-electron chi connectivity index (χ2n) is 6.48. The van der Waals surface area contributed by atoms with Crippen LogP contribution in [0.2, 0.25) is 0 Å². The van der Waals surface area contributed by atoms with Crippen LogP contribution in [0.3, 0.4) is 0 Å². The molecule has 0 spiro atoms. The number of methoxy groups -OCH3 is 1. The van der Waals surface area contributed by atoms with E-state index in [1.165, 1.54) is 18.4 Å². The van der Waals surface area contributed by atoms with Crippen LogP contribution in [-0.4, -0.2) is 44.7 Å². The standard InChI is InChI=1S/C18H22N6O/c1-23-17-16(21-22-23)18(20-12-19-17)24-10-4-3-5-14(24)11-13-6-8-15(25-2)9-7-13/h6-9,12,14H,3-5,10-11H2,1-2H3. The molecule has 130 valence electrons. The van der Waals surface area contributed by atoms with Gasteiger partial charge < -0.3 is 9.64 Å². The maximum absolute atomic E-state index is 5.26. The van der Waals surface area contributed by atoms with Gasteiger partial charge in [0.25, 0.3) is 0 Å². The lowest BCUT2D eigenvalue weighted by Crippen LogP contribution is -2.41. The molecule has 0 bridgehead atoms. The molecule has 3 aromatic rings.